The summed E-state index contributed by atoms with van der Waals surface area (Å²) in [5, 5.41) is 3.40. The van der Waals surface area contributed by atoms with Crippen LogP contribution in [0.5, 0.6) is 0 Å². The van der Waals surface area contributed by atoms with Crippen LogP contribution in [0.1, 0.15) is 68.8 Å². The highest BCUT2D eigenvalue weighted by Crippen LogP contribution is 2.40. The lowest BCUT2D eigenvalue weighted by atomic mass is 9.96. The van der Waals surface area contributed by atoms with E-state index in [1.54, 1.807) is 11.1 Å². The number of rotatable bonds is 9. The largest absolute Gasteiger partial charge is 0.444 e. The van der Waals surface area contributed by atoms with Crippen molar-refractivity contribution in [3.63, 3.8) is 0 Å². The lowest BCUT2D eigenvalue weighted by Crippen LogP contribution is -2.49. The molecular weight excluding hydrogens is 480 g/mol. The number of carbonyl (C=O) groups is 2. The second-order valence-electron chi connectivity index (χ2n) is 10.9. The van der Waals surface area contributed by atoms with Crippen molar-refractivity contribution in [1.29, 1.82) is 0 Å². The molecule has 3 aliphatic rings. The number of ether oxygens (including phenoxy) is 1. The molecule has 38 heavy (non-hydrogen) atoms. The van der Waals surface area contributed by atoms with E-state index in [4.69, 9.17) is 4.74 Å². The fraction of sp³-hybridized carbons (Fsp3) is 0.517. The third-order valence-electron chi connectivity index (χ3n) is 7.80. The topological polar surface area (TPSA) is 90.9 Å². The number of nitrogens with zero attached hydrogens (tertiary/aromatic N) is 5. The van der Waals surface area contributed by atoms with Crippen LogP contribution in [-0.2, 0) is 16.1 Å². The lowest BCUT2D eigenvalue weighted by Gasteiger charge is -2.39. The van der Waals surface area contributed by atoms with Gasteiger partial charge in [-0.15, -0.1) is 0 Å². The molecule has 2 aromatic rings. The molecule has 1 aliphatic carbocycles. The summed E-state index contributed by atoms with van der Waals surface area (Å²) >= 11 is 0. The van der Waals surface area contributed by atoms with Crippen LogP contribution < -0.4 is 10.2 Å². The van der Waals surface area contributed by atoms with Gasteiger partial charge < -0.3 is 15.0 Å². The standard InChI is InChI=1S/C29H38N6O3/c1-5-26(36)34-14-12-33(13-15-34)25(16-21-6-7-21)23-10-8-22(9-11-23)20(4)31-28-30-17-24-18-38-29(37)35(19(2)3)27(24)32-28/h5,8-11,17,19-21,25H,1,6-7,12-16,18H2,2-4H3,(H,30,31,32)/t20-,25?/m0/s1. The van der Waals surface area contributed by atoms with Crippen molar-refractivity contribution in [2.75, 3.05) is 36.4 Å². The van der Waals surface area contributed by atoms with Crippen LogP contribution in [0.15, 0.2) is 43.1 Å². The summed E-state index contributed by atoms with van der Waals surface area (Å²) < 4.78 is 5.25. The Bertz CT molecular complexity index is 1170. The molecule has 5 rings (SSSR count). The summed E-state index contributed by atoms with van der Waals surface area (Å²) in [5.41, 5.74) is 3.27. The molecule has 9 nitrogen and oxygen atoms in total. The highest BCUT2D eigenvalue weighted by molar-refractivity contribution is 5.89. The number of anilines is 2. The molecule has 3 heterocycles. The van der Waals surface area contributed by atoms with Gasteiger partial charge in [0.15, 0.2) is 0 Å². The molecule has 9 heteroatoms. The minimum absolute atomic E-state index is 0.0134. The first kappa shape index (κ1) is 26.2. The zero-order chi connectivity index (χ0) is 26.8. The summed E-state index contributed by atoms with van der Waals surface area (Å²) in [4.78, 5) is 39.4. The molecule has 1 saturated carbocycles. The highest BCUT2D eigenvalue weighted by Gasteiger charge is 2.33. The normalized spacial score (nSPS) is 19.5. The van der Waals surface area contributed by atoms with Gasteiger partial charge in [-0.2, -0.15) is 4.98 Å². The molecule has 2 atom stereocenters. The Hall–Kier alpha value is -3.46. The number of cyclic esters (lactones) is 1. The van der Waals surface area contributed by atoms with Gasteiger partial charge in [0.1, 0.15) is 12.4 Å². The molecule has 0 radical (unpaired) electrons. The number of carbonyl (C=O) groups excluding carboxylic acids is 2. The maximum Gasteiger partial charge on any atom is 0.416 e. The van der Waals surface area contributed by atoms with E-state index in [9.17, 15) is 9.59 Å². The fourth-order valence-corrected chi connectivity index (χ4v) is 5.36. The van der Waals surface area contributed by atoms with Gasteiger partial charge >= 0.3 is 6.09 Å². The first-order chi connectivity index (χ1) is 18.3. The third-order valence-corrected chi connectivity index (χ3v) is 7.80. The molecule has 1 N–H and O–H groups in total. The minimum Gasteiger partial charge on any atom is -0.444 e. The molecule has 2 fully saturated rings. The number of nitrogens with one attached hydrogen (secondary N) is 1. The second kappa shape index (κ2) is 11.1. The minimum atomic E-state index is -0.379. The van der Waals surface area contributed by atoms with Crippen LogP contribution in [0.4, 0.5) is 16.6 Å². The number of amides is 2. The Labute approximate surface area is 224 Å². The molecule has 1 aromatic heterocycles. The van der Waals surface area contributed by atoms with Crippen LogP contribution in [0.3, 0.4) is 0 Å². The van der Waals surface area contributed by atoms with E-state index in [0.717, 1.165) is 43.2 Å². The smallest absolute Gasteiger partial charge is 0.416 e. The third kappa shape index (κ3) is 5.67. The summed E-state index contributed by atoms with van der Waals surface area (Å²) in [6.07, 6.45) is 6.56. The number of benzene rings is 1. The van der Waals surface area contributed by atoms with E-state index in [-0.39, 0.29) is 30.7 Å². The van der Waals surface area contributed by atoms with E-state index in [1.165, 1.54) is 30.9 Å². The number of aromatic nitrogens is 2. The van der Waals surface area contributed by atoms with Gasteiger partial charge in [0, 0.05) is 44.5 Å². The van der Waals surface area contributed by atoms with E-state index in [0.29, 0.717) is 17.8 Å². The number of fused-ring (bicyclic) bond motifs is 1. The monoisotopic (exact) mass is 518 g/mol. The average Bonchev–Trinajstić information content (AvgIpc) is 3.75. The SMILES string of the molecule is C=CC(=O)N1CCN(C(CC2CC2)c2ccc([C@H](C)Nc3ncc4c(n3)N(C(C)C)C(=O)OC4)cc2)CC1. The van der Waals surface area contributed by atoms with E-state index >= 15 is 0 Å². The van der Waals surface area contributed by atoms with Crippen molar-refractivity contribution >= 4 is 23.8 Å². The number of hydrogen-bond donors (Lipinski definition) is 1. The van der Waals surface area contributed by atoms with Crippen LogP contribution in [0.2, 0.25) is 0 Å². The zero-order valence-corrected chi connectivity index (χ0v) is 22.6. The Morgan fingerprint density at radius 3 is 2.45 bits per heavy atom. The molecule has 2 amide bonds. The molecule has 1 saturated heterocycles. The Balaban J connectivity index is 1.27. The van der Waals surface area contributed by atoms with Crippen molar-refractivity contribution < 1.29 is 14.3 Å². The van der Waals surface area contributed by atoms with Crippen molar-refractivity contribution in [2.24, 2.45) is 5.92 Å². The molecule has 2 aliphatic heterocycles. The molecule has 1 aromatic carbocycles. The number of hydrogen-bond acceptors (Lipinski definition) is 7. The molecule has 0 spiro atoms. The van der Waals surface area contributed by atoms with Crippen LogP contribution in [-0.4, -0.2) is 64.0 Å². The van der Waals surface area contributed by atoms with Gasteiger partial charge in [-0.3, -0.25) is 14.6 Å². The van der Waals surface area contributed by atoms with Crippen LogP contribution in [0, 0.1) is 5.92 Å². The van der Waals surface area contributed by atoms with Crippen molar-refractivity contribution in [3.8, 4) is 0 Å². The van der Waals surface area contributed by atoms with E-state index in [1.807, 2.05) is 18.7 Å². The maximum absolute atomic E-state index is 12.3. The van der Waals surface area contributed by atoms with E-state index in [2.05, 4.69) is 58.0 Å². The molecular formula is C29H38N6O3. The van der Waals surface area contributed by atoms with Gasteiger partial charge in [0.25, 0.3) is 0 Å². The van der Waals surface area contributed by atoms with Gasteiger partial charge in [0.2, 0.25) is 11.9 Å². The van der Waals surface area contributed by atoms with Gasteiger partial charge in [-0.1, -0.05) is 43.7 Å². The Kier molecular flexibility index (Phi) is 7.65. The maximum atomic E-state index is 12.3. The molecule has 0 bridgehead atoms. The quantitative estimate of drug-likeness (QED) is 0.482. The highest BCUT2D eigenvalue weighted by atomic mass is 16.6. The summed E-state index contributed by atoms with van der Waals surface area (Å²) in [7, 11) is 0. The average molecular weight is 519 g/mol. The summed E-state index contributed by atoms with van der Waals surface area (Å²) in [6, 6.07) is 9.13. The fourth-order valence-electron chi connectivity index (χ4n) is 5.36. The van der Waals surface area contributed by atoms with Crippen molar-refractivity contribution in [2.45, 2.75) is 64.8 Å². The number of piperazine rings is 1. The van der Waals surface area contributed by atoms with Gasteiger partial charge in [0.05, 0.1) is 11.6 Å². The Morgan fingerprint density at radius 2 is 1.82 bits per heavy atom. The Morgan fingerprint density at radius 1 is 1.13 bits per heavy atom. The van der Waals surface area contributed by atoms with Gasteiger partial charge in [-0.25, -0.2) is 9.78 Å². The van der Waals surface area contributed by atoms with Crippen LogP contribution >= 0.6 is 0 Å². The van der Waals surface area contributed by atoms with Crippen molar-refractivity contribution in [3.05, 3.63) is 59.8 Å². The first-order valence-corrected chi connectivity index (χ1v) is 13.7. The van der Waals surface area contributed by atoms with E-state index < -0.39 is 0 Å². The molecule has 1 unspecified atom stereocenters. The second-order valence-corrected chi connectivity index (χ2v) is 10.9. The van der Waals surface area contributed by atoms with Crippen LogP contribution in [0.25, 0.3) is 0 Å². The van der Waals surface area contributed by atoms with Crippen molar-refractivity contribution in [1.82, 2.24) is 19.8 Å². The summed E-state index contributed by atoms with van der Waals surface area (Å²) in [6.45, 7) is 13.0. The molecule has 202 valence electrons. The predicted molar refractivity (Wildman–Crippen MR) is 147 cm³/mol. The lowest BCUT2D eigenvalue weighted by molar-refractivity contribution is -0.128. The predicted octanol–water partition coefficient (Wildman–Crippen LogP) is 4.69. The first-order valence-electron chi connectivity index (χ1n) is 13.7. The summed E-state index contributed by atoms with van der Waals surface area (Å²) in [5.74, 6) is 1.92. The zero-order valence-electron chi connectivity index (χ0n) is 22.6. The van der Waals surface area contributed by atoms with Gasteiger partial charge in [-0.05, 0) is 50.3 Å².